The first-order valence-electron chi connectivity index (χ1n) is 4.31. The summed E-state index contributed by atoms with van der Waals surface area (Å²) in [5.41, 5.74) is 2.65. The predicted molar refractivity (Wildman–Crippen MR) is 55.5 cm³/mol. The number of carbonyl (C=O) groups excluding carboxylic acids is 1. The third-order valence-corrected chi connectivity index (χ3v) is 3.32. The molecule has 0 saturated carbocycles. The molecular weight excluding hydrogens is 184 g/mol. The zero-order valence-corrected chi connectivity index (χ0v) is 8.65. The van der Waals surface area contributed by atoms with E-state index in [1.54, 1.807) is 11.8 Å². The van der Waals surface area contributed by atoms with E-state index in [2.05, 4.69) is 18.2 Å². The molecule has 3 heteroatoms. The molecule has 0 bridgehead atoms. The van der Waals surface area contributed by atoms with Crippen LogP contribution in [-0.2, 0) is 9.53 Å². The lowest BCUT2D eigenvalue weighted by molar-refractivity contribution is -0.128. The van der Waals surface area contributed by atoms with Crippen molar-refractivity contribution in [3.05, 3.63) is 22.6 Å². The van der Waals surface area contributed by atoms with Crippen LogP contribution in [0.2, 0.25) is 0 Å². The fourth-order valence-corrected chi connectivity index (χ4v) is 2.37. The van der Waals surface area contributed by atoms with E-state index < -0.39 is 0 Å². The van der Waals surface area contributed by atoms with Crippen LogP contribution in [-0.4, -0.2) is 18.8 Å². The van der Waals surface area contributed by atoms with Crippen LogP contribution in [0.4, 0.5) is 0 Å². The van der Waals surface area contributed by atoms with Gasteiger partial charge in [0.25, 0.3) is 6.47 Å². The van der Waals surface area contributed by atoms with Crippen molar-refractivity contribution in [3.63, 3.8) is 0 Å². The molecule has 0 heterocycles. The Labute approximate surface area is 83.0 Å². The van der Waals surface area contributed by atoms with Crippen molar-refractivity contribution in [2.45, 2.75) is 19.8 Å². The highest BCUT2D eigenvalue weighted by molar-refractivity contribution is 8.03. The van der Waals surface area contributed by atoms with E-state index in [0.717, 1.165) is 18.6 Å². The largest absolute Gasteiger partial charge is 0.467 e. The van der Waals surface area contributed by atoms with Crippen LogP contribution < -0.4 is 0 Å². The van der Waals surface area contributed by atoms with E-state index in [9.17, 15) is 4.79 Å². The highest BCUT2D eigenvalue weighted by Gasteiger charge is 2.14. The second-order valence-corrected chi connectivity index (χ2v) is 4.13. The van der Waals surface area contributed by atoms with Gasteiger partial charge >= 0.3 is 0 Å². The predicted octanol–water partition coefficient (Wildman–Crippen LogP) is 2.52. The van der Waals surface area contributed by atoms with Gasteiger partial charge in [-0.1, -0.05) is 12.2 Å². The first kappa shape index (κ1) is 10.4. The van der Waals surface area contributed by atoms with Gasteiger partial charge < -0.3 is 4.74 Å². The molecule has 0 aromatic heterocycles. The fourth-order valence-electron chi connectivity index (χ4n) is 1.33. The van der Waals surface area contributed by atoms with E-state index in [-0.39, 0.29) is 0 Å². The van der Waals surface area contributed by atoms with Crippen molar-refractivity contribution in [1.29, 1.82) is 0 Å². The number of thioether (sulfide) groups is 1. The molecule has 0 aromatic carbocycles. The normalized spacial score (nSPS) is 16.5. The van der Waals surface area contributed by atoms with E-state index >= 15 is 0 Å². The minimum Gasteiger partial charge on any atom is -0.467 e. The van der Waals surface area contributed by atoms with Gasteiger partial charge in [0, 0.05) is 10.7 Å². The molecule has 0 amide bonds. The average Bonchev–Trinajstić information content (AvgIpc) is 2.42. The molecule has 0 fully saturated rings. The van der Waals surface area contributed by atoms with Crippen LogP contribution in [0.1, 0.15) is 19.8 Å². The topological polar surface area (TPSA) is 26.3 Å². The van der Waals surface area contributed by atoms with Crippen LogP contribution in [0.15, 0.2) is 22.6 Å². The van der Waals surface area contributed by atoms with E-state index in [1.165, 1.54) is 16.1 Å². The van der Waals surface area contributed by atoms with Crippen LogP contribution in [0.25, 0.3) is 0 Å². The summed E-state index contributed by atoms with van der Waals surface area (Å²) in [5.74, 6) is 0.824. The average molecular weight is 198 g/mol. The van der Waals surface area contributed by atoms with Gasteiger partial charge in [-0.05, 0) is 25.3 Å². The molecule has 0 aromatic rings. The highest BCUT2D eigenvalue weighted by Crippen LogP contribution is 2.37. The zero-order valence-electron chi connectivity index (χ0n) is 7.84. The number of ether oxygens (including phenoxy) is 1. The van der Waals surface area contributed by atoms with Gasteiger partial charge in [-0.15, -0.1) is 11.8 Å². The van der Waals surface area contributed by atoms with Crippen molar-refractivity contribution in [2.75, 3.05) is 12.4 Å². The Morgan fingerprint density at radius 3 is 2.92 bits per heavy atom. The van der Waals surface area contributed by atoms with Crippen LogP contribution >= 0.6 is 11.8 Å². The molecule has 72 valence electrons. The monoisotopic (exact) mass is 198 g/mol. The van der Waals surface area contributed by atoms with Crippen molar-refractivity contribution in [1.82, 2.24) is 0 Å². The van der Waals surface area contributed by atoms with Crippen molar-refractivity contribution >= 4 is 18.2 Å². The molecule has 1 aliphatic rings. The summed E-state index contributed by atoms with van der Waals surface area (Å²) < 4.78 is 4.61. The number of rotatable bonds is 5. The Kier molecular flexibility index (Phi) is 4.09. The minimum absolute atomic E-state index is 0.484. The number of hydrogen-bond donors (Lipinski definition) is 0. The Morgan fingerprint density at radius 1 is 1.62 bits per heavy atom. The summed E-state index contributed by atoms with van der Waals surface area (Å²) in [6.45, 7) is 7.11. The van der Waals surface area contributed by atoms with Gasteiger partial charge in [-0.3, -0.25) is 4.79 Å². The Balaban J connectivity index is 2.31. The van der Waals surface area contributed by atoms with E-state index in [4.69, 9.17) is 0 Å². The standard InChI is InChI=1S/C10H14O2S/c1-8-3-4-9(2)10(8)13-6-5-12-7-11/h7H,1,3-6H2,2H3. The van der Waals surface area contributed by atoms with Gasteiger partial charge in [-0.2, -0.15) is 0 Å². The first-order valence-corrected chi connectivity index (χ1v) is 5.30. The Morgan fingerprint density at radius 2 is 2.38 bits per heavy atom. The third-order valence-electron chi connectivity index (χ3n) is 2.03. The fraction of sp³-hybridized carbons (Fsp3) is 0.500. The maximum atomic E-state index is 9.87. The molecule has 2 nitrogen and oxygen atoms in total. The molecule has 0 aliphatic heterocycles. The number of carbonyl (C=O) groups is 1. The lowest BCUT2D eigenvalue weighted by atomic mass is 10.2. The zero-order chi connectivity index (χ0) is 9.68. The summed E-state index contributed by atoms with van der Waals surface area (Å²) in [6, 6.07) is 0. The lowest BCUT2D eigenvalue weighted by Crippen LogP contribution is -1.95. The van der Waals surface area contributed by atoms with Crippen molar-refractivity contribution < 1.29 is 9.53 Å². The lowest BCUT2D eigenvalue weighted by Gasteiger charge is -2.04. The molecule has 13 heavy (non-hydrogen) atoms. The number of allylic oxidation sites excluding steroid dienone is 2. The molecule has 1 aliphatic carbocycles. The summed E-state index contributed by atoms with van der Waals surface area (Å²) in [6.07, 6.45) is 2.22. The van der Waals surface area contributed by atoms with E-state index in [1.807, 2.05) is 0 Å². The minimum atomic E-state index is 0.484. The van der Waals surface area contributed by atoms with Gasteiger partial charge in [0.1, 0.15) is 6.61 Å². The summed E-state index contributed by atoms with van der Waals surface area (Å²) in [7, 11) is 0. The van der Waals surface area contributed by atoms with Crippen molar-refractivity contribution in [2.24, 2.45) is 0 Å². The summed E-state index contributed by atoms with van der Waals surface area (Å²) in [4.78, 5) is 11.2. The third kappa shape index (κ3) is 2.92. The van der Waals surface area contributed by atoms with Crippen LogP contribution in [0, 0.1) is 0 Å². The Hall–Kier alpha value is -0.700. The maximum Gasteiger partial charge on any atom is 0.293 e. The molecule has 0 atom stereocenters. The summed E-state index contributed by atoms with van der Waals surface area (Å²) in [5, 5.41) is 0. The quantitative estimate of drug-likeness (QED) is 0.501. The first-order chi connectivity index (χ1) is 6.25. The SMILES string of the molecule is C=C1CCC(C)=C1SCCOC=O. The van der Waals surface area contributed by atoms with Gasteiger partial charge in [-0.25, -0.2) is 0 Å². The van der Waals surface area contributed by atoms with Gasteiger partial charge in [0.2, 0.25) is 0 Å². The number of hydrogen-bond acceptors (Lipinski definition) is 3. The van der Waals surface area contributed by atoms with Crippen LogP contribution in [0.3, 0.4) is 0 Å². The molecule has 0 N–H and O–H groups in total. The second kappa shape index (κ2) is 5.12. The molecular formula is C10H14O2S. The highest BCUT2D eigenvalue weighted by atomic mass is 32.2. The molecule has 1 rings (SSSR count). The smallest absolute Gasteiger partial charge is 0.293 e. The Bertz CT molecular complexity index is 243. The van der Waals surface area contributed by atoms with E-state index in [0.29, 0.717) is 13.1 Å². The van der Waals surface area contributed by atoms with Gasteiger partial charge in [0.15, 0.2) is 0 Å². The molecule has 0 unspecified atom stereocenters. The van der Waals surface area contributed by atoms with Crippen molar-refractivity contribution in [3.8, 4) is 0 Å². The molecule has 0 spiro atoms. The second-order valence-electron chi connectivity index (χ2n) is 3.03. The molecule has 0 radical (unpaired) electrons. The van der Waals surface area contributed by atoms with Crippen LogP contribution in [0.5, 0.6) is 0 Å². The van der Waals surface area contributed by atoms with Gasteiger partial charge in [0.05, 0.1) is 0 Å². The maximum absolute atomic E-state index is 9.87. The molecule has 0 saturated heterocycles. The summed E-state index contributed by atoms with van der Waals surface area (Å²) >= 11 is 1.74.